The number of nitrogens with two attached hydrogens (primary N) is 2. The number of azo groups is 1. The number of aromatic carboxylic acids is 1. The smallest absolute Gasteiger partial charge is 0.335 e. The zero-order valence-corrected chi connectivity index (χ0v) is 9.16. The summed E-state index contributed by atoms with van der Waals surface area (Å²) in [6.07, 6.45) is 0. The first-order chi connectivity index (χ1) is 8.56. The van der Waals surface area contributed by atoms with E-state index >= 15 is 0 Å². The standard InChI is InChI=1S/C10H10N6O2/c11-7-8(12)14-10(13-7)16-15-6-3-1-2-5(4-6)9(17)18/h1-4H,11-12H2,(H,13,14)(H,17,18). The van der Waals surface area contributed by atoms with E-state index in [0.29, 0.717) is 5.69 Å². The molecule has 0 saturated heterocycles. The molecule has 6 N–H and O–H groups in total. The van der Waals surface area contributed by atoms with Crippen molar-refractivity contribution >= 4 is 29.2 Å². The third-order valence-corrected chi connectivity index (χ3v) is 2.10. The highest BCUT2D eigenvalue weighted by molar-refractivity contribution is 5.88. The highest BCUT2D eigenvalue weighted by Gasteiger charge is 2.04. The molecule has 1 heterocycles. The second kappa shape index (κ2) is 4.53. The van der Waals surface area contributed by atoms with E-state index in [0.717, 1.165) is 0 Å². The van der Waals surface area contributed by atoms with Gasteiger partial charge >= 0.3 is 5.97 Å². The molecule has 0 unspecified atom stereocenters. The summed E-state index contributed by atoms with van der Waals surface area (Å²) >= 11 is 0. The van der Waals surface area contributed by atoms with E-state index in [9.17, 15) is 4.79 Å². The molecule has 0 amide bonds. The maximum absolute atomic E-state index is 10.8. The van der Waals surface area contributed by atoms with Crippen molar-refractivity contribution in [2.24, 2.45) is 10.2 Å². The van der Waals surface area contributed by atoms with Crippen LogP contribution >= 0.6 is 0 Å². The van der Waals surface area contributed by atoms with E-state index in [1.165, 1.54) is 12.1 Å². The van der Waals surface area contributed by atoms with Crippen LogP contribution in [0.3, 0.4) is 0 Å². The zero-order valence-electron chi connectivity index (χ0n) is 9.16. The highest BCUT2D eigenvalue weighted by Crippen LogP contribution is 2.20. The van der Waals surface area contributed by atoms with Crippen LogP contribution in [0.2, 0.25) is 0 Å². The van der Waals surface area contributed by atoms with Crippen molar-refractivity contribution in [3.8, 4) is 0 Å². The number of anilines is 2. The Morgan fingerprint density at radius 3 is 2.72 bits per heavy atom. The molecule has 1 aromatic carbocycles. The molecule has 8 nitrogen and oxygen atoms in total. The number of imidazole rings is 1. The van der Waals surface area contributed by atoms with Gasteiger partial charge in [-0.2, -0.15) is 4.98 Å². The van der Waals surface area contributed by atoms with Crippen LogP contribution in [-0.2, 0) is 0 Å². The van der Waals surface area contributed by atoms with Gasteiger partial charge in [-0.3, -0.25) is 0 Å². The van der Waals surface area contributed by atoms with E-state index in [1.54, 1.807) is 12.1 Å². The van der Waals surface area contributed by atoms with Gasteiger partial charge in [0.15, 0.2) is 5.82 Å². The molecule has 2 aromatic rings. The lowest BCUT2D eigenvalue weighted by Crippen LogP contribution is -1.94. The number of nitrogen functional groups attached to an aromatic ring is 2. The predicted octanol–water partition coefficient (Wildman–Crippen LogP) is 1.69. The summed E-state index contributed by atoms with van der Waals surface area (Å²) in [6, 6.07) is 6.04. The van der Waals surface area contributed by atoms with Gasteiger partial charge in [0.05, 0.1) is 11.3 Å². The molecular weight excluding hydrogens is 236 g/mol. The predicted molar refractivity (Wildman–Crippen MR) is 65.0 cm³/mol. The van der Waals surface area contributed by atoms with E-state index in [4.69, 9.17) is 16.6 Å². The van der Waals surface area contributed by atoms with Crippen LogP contribution in [-0.4, -0.2) is 21.0 Å². The fraction of sp³-hybridized carbons (Fsp3) is 0. The van der Waals surface area contributed by atoms with Gasteiger partial charge in [0.2, 0.25) is 5.95 Å². The summed E-state index contributed by atoms with van der Waals surface area (Å²) in [5.74, 6) is -0.518. The highest BCUT2D eigenvalue weighted by atomic mass is 16.4. The fourth-order valence-corrected chi connectivity index (χ4v) is 1.24. The molecule has 0 aliphatic carbocycles. The Kier molecular flexibility index (Phi) is 2.92. The van der Waals surface area contributed by atoms with Crippen LogP contribution < -0.4 is 11.5 Å². The first kappa shape index (κ1) is 11.6. The van der Waals surface area contributed by atoms with Gasteiger partial charge < -0.3 is 21.6 Å². The molecule has 0 radical (unpaired) electrons. The minimum atomic E-state index is -1.03. The minimum Gasteiger partial charge on any atom is -0.478 e. The molecule has 0 aliphatic rings. The number of aromatic amines is 1. The lowest BCUT2D eigenvalue weighted by Gasteiger charge is -1.94. The molecule has 0 atom stereocenters. The van der Waals surface area contributed by atoms with E-state index in [1.807, 2.05) is 0 Å². The van der Waals surface area contributed by atoms with Crippen molar-refractivity contribution in [2.45, 2.75) is 0 Å². The number of benzene rings is 1. The van der Waals surface area contributed by atoms with Crippen LogP contribution in [0.15, 0.2) is 34.5 Å². The van der Waals surface area contributed by atoms with Gasteiger partial charge in [0.1, 0.15) is 5.82 Å². The maximum atomic E-state index is 10.8. The third-order valence-electron chi connectivity index (χ3n) is 2.10. The van der Waals surface area contributed by atoms with Gasteiger partial charge in [0.25, 0.3) is 0 Å². The largest absolute Gasteiger partial charge is 0.478 e. The van der Waals surface area contributed by atoms with Crippen LogP contribution in [0.1, 0.15) is 10.4 Å². The number of carbonyl (C=O) groups is 1. The van der Waals surface area contributed by atoms with Crippen LogP contribution in [0, 0.1) is 0 Å². The number of hydrogen-bond acceptors (Lipinski definition) is 6. The topological polar surface area (TPSA) is 143 Å². The molecule has 0 spiro atoms. The number of H-pyrrole nitrogens is 1. The molecule has 0 saturated carbocycles. The fourth-order valence-electron chi connectivity index (χ4n) is 1.24. The summed E-state index contributed by atoms with van der Waals surface area (Å²) in [4.78, 5) is 17.2. The second-order valence-electron chi connectivity index (χ2n) is 3.41. The number of carboxylic acid groups (broad SMARTS) is 1. The molecule has 2 rings (SSSR count). The van der Waals surface area contributed by atoms with Gasteiger partial charge in [-0.1, -0.05) is 6.07 Å². The number of rotatable bonds is 3. The zero-order chi connectivity index (χ0) is 13.1. The van der Waals surface area contributed by atoms with Crippen molar-refractivity contribution in [1.82, 2.24) is 9.97 Å². The molecule has 18 heavy (non-hydrogen) atoms. The van der Waals surface area contributed by atoms with Crippen LogP contribution in [0.4, 0.5) is 23.3 Å². The Labute approximate surface area is 101 Å². The lowest BCUT2D eigenvalue weighted by atomic mass is 10.2. The Hall–Kier alpha value is -2.90. The Morgan fingerprint density at radius 2 is 2.11 bits per heavy atom. The van der Waals surface area contributed by atoms with Gasteiger partial charge in [-0.15, -0.1) is 10.2 Å². The number of nitrogens with one attached hydrogen (secondary N) is 1. The lowest BCUT2D eigenvalue weighted by molar-refractivity contribution is 0.0697. The summed E-state index contributed by atoms with van der Waals surface area (Å²) in [6.45, 7) is 0. The molecule has 1 aromatic heterocycles. The van der Waals surface area contributed by atoms with E-state index in [-0.39, 0.29) is 23.1 Å². The number of nitrogens with zero attached hydrogens (tertiary/aromatic N) is 3. The summed E-state index contributed by atoms with van der Waals surface area (Å²) in [5, 5.41) is 16.4. The third kappa shape index (κ3) is 2.43. The van der Waals surface area contributed by atoms with E-state index in [2.05, 4.69) is 20.2 Å². The SMILES string of the molecule is Nc1nc(N=Nc2cccc(C(=O)O)c2)[nH]c1N. The first-order valence-electron chi connectivity index (χ1n) is 4.92. The molecule has 0 bridgehead atoms. The van der Waals surface area contributed by atoms with Crippen LogP contribution in [0.25, 0.3) is 0 Å². The normalized spacial score (nSPS) is 10.9. The Morgan fingerprint density at radius 1 is 1.33 bits per heavy atom. The average molecular weight is 246 g/mol. The summed E-state index contributed by atoms with van der Waals surface area (Å²) in [7, 11) is 0. The molecule has 8 heteroatoms. The summed E-state index contributed by atoms with van der Waals surface area (Å²) < 4.78 is 0. The van der Waals surface area contributed by atoms with Crippen LogP contribution in [0.5, 0.6) is 0 Å². The van der Waals surface area contributed by atoms with Gasteiger partial charge in [-0.05, 0) is 18.2 Å². The molecular formula is C10H10N6O2. The monoisotopic (exact) mass is 246 g/mol. The first-order valence-corrected chi connectivity index (χ1v) is 4.92. The summed E-state index contributed by atoms with van der Waals surface area (Å²) in [5.41, 5.74) is 11.4. The molecule has 0 aliphatic heterocycles. The van der Waals surface area contributed by atoms with Crippen molar-refractivity contribution in [1.29, 1.82) is 0 Å². The van der Waals surface area contributed by atoms with Gasteiger partial charge in [-0.25, -0.2) is 4.79 Å². The van der Waals surface area contributed by atoms with Crippen molar-refractivity contribution in [2.75, 3.05) is 11.5 Å². The van der Waals surface area contributed by atoms with Gasteiger partial charge in [0, 0.05) is 0 Å². The molecule has 92 valence electrons. The number of carboxylic acids is 1. The minimum absolute atomic E-state index is 0.130. The van der Waals surface area contributed by atoms with Crippen molar-refractivity contribution < 1.29 is 9.90 Å². The Bertz CT molecular complexity index is 599. The van der Waals surface area contributed by atoms with E-state index < -0.39 is 5.97 Å². The second-order valence-corrected chi connectivity index (χ2v) is 3.41. The number of hydrogen-bond donors (Lipinski definition) is 4. The quantitative estimate of drug-likeness (QED) is 0.609. The average Bonchev–Trinajstić information content (AvgIpc) is 2.67. The molecule has 0 fully saturated rings. The Balaban J connectivity index is 2.23. The number of aromatic nitrogens is 2. The van der Waals surface area contributed by atoms with Crippen molar-refractivity contribution in [3.05, 3.63) is 29.8 Å². The maximum Gasteiger partial charge on any atom is 0.335 e. The van der Waals surface area contributed by atoms with Crippen molar-refractivity contribution in [3.63, 3.8) is 0 Å².